The topological polar surface area (TPSA) is 98.8 Å². The molecule has 3 heterocycles. The summed E-state index contributed by atoms with van der Waals surface area (Å²) < 4.78 is 55.7. The lowest BCUT2D eigenvalue weighted by molar-refractivity contribution is -0.243. The van der Waals surface area contributed by atoms with Crippen LogP contribution in [0.5, 0.6) is 0 Å². The molecule has 0 amide bonds. The minimum absolute atomic E-state index is 0.0340. The normalized spacial score (nSPS) is 33.6. The van der Waals surface area contributed by atoms with Crippen molar-refractivity contribution in [3.8, 4) is 0 Å². The first-order valence-corrected chi connectivity index (χ1v) is 19.8. The van der Waals surface area contributed by atoms with Gasteiger partial charge in [-0.25, -0.2) is 0 Å². The van der Waals surface area contributed by atoms with Gasteiger partial charge in [0.25, 0.3) is 0 Å². The van der Waals surface area contributed by atoms with E-state index in [0.29, 0.717) is 23.0 Å². The number of Topliss-reactive ketones (excluding diaryl/α,β-unsaturated/α-hetero) is 1. The van der Waals surface area contributed by atoms with Crippen molar-refractivity contribution < 1.29 is 41.8 Å². The van der Waals surface area contributed by atoms with Gasteiger partial charge in [0.2, 0.25) is 0 Å². The molecule has 0 radical (unpaired) electrons. The van der Waals surface area contributed by atoms with Crippen LogP contribution in [-0.4, -0.2) is 83.0 Å². The molecule has 0 saturated carbocycles. The van der Waals surface area contributed by atoms with Crippen LogP contribution in [0.3, 0.4) is 0 Å². The van der Waals surface area contributed by atoms with Crippen LogP contribution in [0.4, 0.5) is 0 Å². The number of rotatable bonds is 14. The molecular formula is C31H59O9PSi. The van der Waals surface area contributed by atoms with E-state index >= 15 is 0 Å². The Kier molecular flexibility index (Phi) is 12.2. The molecule has 0 aliphatic carbocycles. The van der Waals surface area contributed by atoms with E-state index in [1.807, 2.05) is 13.8 Å². The van der Waals surface area contributed by atoms with Gasteiger partial charge in [-0.15, -0.1) is 0 Å². The van der Waals surface area contributed by atoms with Crippen LogP contribution in [-0.2, 0) is 41.8 Å². The molecule has 7 atom stereocenters. The van der Waals surface area contributed by atoms with Crippen LogP contribution in [0.15, 0.2) is 0 Å². The van der Waals surface area contributed by atoms with E-state index in [1.54, 1.807) is 0 Å². The van der Waals surface area contributed by atoms with E-state index in [0.717, 1.165) is 25.9 Å². The third-order valence-electron chi connectivity index (χ3n) is 9.90. The van der Waals surface area contributed by atoms with Gasteiger partial charge >= 0.3 is 7.60 Å². The maximum absolute atomic E-state index is 13.1. The number of ketones is 1. The monoisotopic (exact) mass is 634 g/mol. The Bertz CT molecular complexity index is 927. The third kappa shape index (κ3) is 7.97. The fraction of sp³-hybridized carbons (Fsp3) is 0.968. The lowest BCUT2D eigenvalue weighted by Crippen LogP contribution is -2.54. The van der Waals surface area contributed by atoms with E-state index < -0.39 is 39.5 Å². The van der Waals surface area contributed by atoms with Crippen molar-refractivity contribution in [1.82, 2.24) is 0 Å². The van der Waals surface area contributed by atoms with Gasteiger partial charge in [-0.3, -0.25) is 9.36 Å². The molecule has 0 bridgehead atoms. The second-order valence-electron chi connectivity index (χ2n) is 14.4. The van der Waals surface area contributed by atoms with Gasteiger partial charge < -0.3 is 32.4 Å². The number of fused-ring (bicyclic) bond motifs is 2. The molecule has 3 aliphatic rings. The minimum atomic E-state index is -3.48. The fourth-order valence-corrected chi connectivity index (χ4v) is 14.4. The number of hydrogen-bond acceptors (Lipinski definition) is 9. The average Bonchev–Trinajstić information content (AvgIpc) is 3.13. The van der Waals surface area contributed by atoms with Crippen LogP contribution in [0, 0.1) is 5.92 Å². The number of ether oxygens (including phenoxy) is 4. The molecule has 3 aliphatic heterocycles. The van der Waals surface area contributed by atoms with Crippen LogP contribution < -0.4 is 0 Å². The summed E-state index contributed by atoms with van der Waals surface area (Å²) in [6.07, 6.45) is 1.57. The quantitative estimate of drug-likeness (QED) is 0.111. The van der Waals surface area contributed by atoms with Gasteiger partial charge in [0.15, 0.2) is 14.1 Å². The predicted octanol–water partition coefficient (Wildman–Crippen LogP) is 7.27. The van der Waals surface area contributed by atoms with Gasteiger partial charge in [-0.1, -0.05) is 48.5 Å². The zero-order valence-corrected chi connectivity index (χ0v) is 30.2. The van der Waals surface area contributed by atoms with Crippen LogP contribution >= 0.6 is 7.60 Å². The SMILES string of the molecule is COP(=O)(CC(=O)C[C@H]1O[C@H]2C[C@H](C)[C@H](CCCO[Si](C(C)C)(C(C)C)C(C)C)O[C@]2(C)C[C@H]2OC(C)(C)O[C@H]12)OC. The Balaban J connectivity index is 1.71. The van der Waals surface area contributed by atoms with Crippen molar-refractivity contribution in [1.29, 1.82) is 0 Å². The highest BCUT2D eigenvalue weighted by atomic mass is 31.2. The summed E-state index contributed by atoms with van der Waals surface area (Å²) in [6, 6.07) is 0. The van der Waals surface area contributed by atoms with Gasteiger partial charge in [-0.05, 0) is 62.6 Å². The first kappa shape index (κ1) is 36.3. The summed E-state index contributed by atoms with van der Waals surface area (Å²) in [5.41, 5.74) is 1.09. The summed E-state index contributed by atoms with van der Waals surface area (Å²) >= 11 is 0. The van der Waals surface area contributed by atoms with Gasteiger partial charge in [0.1, 0.15) is 18.0 Å². The molecule has 42 heavy (non-hydrogen) atoms. The van der Waals surface area contributed by atoms with E-state index in [9.17, 15) is 9.36 Å². The van der Waals surface area contributed by atoms with Gasteiger partial charge in [-0.2, -0.15) is 0 Å². The maximum Gasteiger partial charge on any atom is 0.337 e. The molecule has 0 N–H and O–H groups in total. The first-order valence-electron chi connectivity index (χ1n) is 16.0. The Morgan fingerprint density at radius 3 is 2.10 bits per heavy atom. The molecule has 3 saturated heterocycles. The molecule has 246 valence electrons. The Hall–Kier alpha value is -0.163. The third-order valence-corrected chi connectivity index (χ3v) is 17.9. The number of carbonyl (C=O) groups excluding carboxylic acids is 1. The molecule has 11 heteroatoms. The van der Waals surface area contributed by atoms with Crippen molar-refractivity contribution in [2.24, 2.45) is 5.92 Å². The molecule has 3 fully saturated rings. The smallest absolute Gasteiger partial charge is 0.337 e. The van der Waals surface area contributed by atoms with E-state index in [1.165, 1.54) is 14.2 Å². The number of hydrogen-bond donors (Lipinski definition) is 0. The minimum Gasteiger partial charge on any atom is -0.416 e. The Morgan fingerprint density at radius 2 is 1.55 bits per heavy atom. The van der Waals surface area contributed by atoms with Gasteiger partial charge in [0.05, 0.1) is 30.0 Å². The summed E-state index contributed by atoms with van der Waals surface area (Å²) in [6.45, 7) is 22.8. The Labute approximate surface area is 256 Å². The predicted molar refractivity (Wildman–Crippen MR) is 167 cm³/mol. The molecular weight excluding hydrogens is 575 g/mol. The highest BCUT2D eigenvalue weighted by molar-refractivity contribution is 7.54. The zero-order valence-electron chi connectivity index (χ0n) is 28.3. The standard InChI is InChI=1S/C31H59O9PSi/c1-20(2)42(21(3)4,22(5)6)36-15-13-14-25-23(7)16-28-31(10,39-25)18-27-29(40-30(8,9)38-27)26(37-28)17-24(32)19-41(33,34-11)35-12/h20-23,25-29H,13-19H2,1-12H3/t23-,25-,26+,27+,28-,29+,31+/m0/s1. The lowest BCUT2D eigenvalue weighted by atomic mass is 9.80. The van der Waals surface area contributed by atoms with Crippen LogP contribution in [0.1, 0.15) is 101 Å². The summed E-state index contributed by atoms with van der Waals surface area (Å²) in [5, 5.41) is 0. The van der Waals surface area contributed by atoms with E-state index in [2.05, 4.69) is 55.4 Å². The zero-order chi connectivity index (χ0) is 31.7. The van der Waals surface area contributed by atoms with Crippen molar-refractivity contribution in [3.63, 3.8) is 0 Å². The van der Waals surface area contributed by atoms with Gasteiger partial charge in [0, 0.05) is 33.7 Å². The molecule has 0 unspecified atom stereocenters. The van der Waals surface area contributed by atoms with Crippen molar-refractivity contribution in [3.05, 3.63) is 0 Å². The second kappa shape index (κ2) is 14.1. The largest absolute Gasteiger partial charge is 0.416 e. The second-order valence-corrected chi connectivity index (χ2v) is 22.1. The average molecular weight is 635 g/mol. The summed E-state index contributed by atoms with van der Waals surface area (Å²) in [4.78, 5) is 13.1. The van der Waals surface area contributed by atoms with Crippen molar-refractivity contribution in [2.75, 3.05) is 27.0 Å². The molecule has 0 aromatic rings. The molecule has 9 nitrogen and oxygen atoms in total. The number of carbonyl (C=O) groups is 1. The summed E-state index contributed by atoms with van der Waals surface area (Å²) in [5.74, 6) is -0.787. The molecule has 0 aromatic heterocycles. The maximum atomic E-state index is 13.1. The fourth-order valence-electron chi connectivity index (χ4n) is 7.93. The van der Waals surface area contributed by atoms with Crippen molar-refractivity contribution in [2.45, 2.75) is 160 Å². The van der Waals surface area contributed by atoms with Crippen molar-refractivity contribution >= 4 is 21.7 Å². The molecule has 3 rings (SSSR count). The van der Waals surface area contributed by atoms with E-state index in [-0.39, 0.29) is 42.6 Å². The van der Waals surface area contributed by atoms with Crippen LogP contribution in [0.25, 0.3) is 0 Å². The summed E-state index contributed by atoms with van der Waals surface area (Å²) in [7, 11) is -2.80. The lowest BCUT2D eigenvalue weighted by Gasteiger charge is -2.48. The Morgan fingerprint density at radius 1 is 0.952 bits per heavy atom. The van der Waals surface area contributed by atoms with Crippen LogP contribution in [0.2, 0.25) is 16.6 Å². The highest BCUT2D eigenvalue weighted by Crippen LogP contribution is 2.49. The molecule has 0 spiro atoms. The molecule has 0 aromatic carbocycles. The highest BCUT2D eigenvalue weighted by Gasteiger charge is 2.57. The van der Waals surface area contributed by atoms with E-state index in [4.69, 9.17) is 32.4 Å². The first-order chi connectivity index (χ1) is 19.4.